The minimum atomic E-state index is -0.887. The van der Waals surface area contributed by atoms with Gasteiger partial charge in [-0.2, -0.15) is 0 Å². The predicted octanol–water partition coefficient (Wildman–Crippen LogP) is 4.13. The highest BCUT2D eigenvalue weighted by Gasteiger charge is 2.35. The standard InChI is InChI=1S/C30H39N3O6/c1-20(2)17-24(32-29(37)39-30(3,4)5)27(35)31-23-16-15-22-13-9-10-14-25(22)33(28(23)36)18-26(34)38-19-21-11-7-6-8-12-21/h6-14,20,23-24H,15-19H2,1-5H3,(H,31,35)(H,32,37)/t23-,24-/m0/s1. The lowest BCUT2D eigenvalue weighted by Gasteiger charge is -2.28. The van der Waals surface area contributed by atoms with Gasteiger partial charge in [0.2, 0.25) is 11.8 Å². The maximum absolute atomic E-state index is 13.7. The molecular weight excluding hydrogens is 498 g/mol. The van der Waals surface area contributed by atoms with Gasteiger partial charge < -0.3 is 20.1 Å². The van der Waals surface area contributed by atoms with E-state index in [0.29, 0.717) is 24.9 Å². The van der Waals surface area contributed by atoms with Gasteiger partial charge in [0, 0.05) is 5.69 Å². The number of carbonyl (C=O) groups excluding carboxylic acids is 4. The van der Waals surface area contributed by atoms with Gasteiger partial charge >= 0.3 is 12.1 Å². The highest BCUT2D eigenvalue weighted by molar-refractivity contribution is 6.03. The fourth-order valence-corrected chi connectivity index (χ4v) is 4.35. The number of nitrogens with one attached hydrogen (secondary N) is 2. The summed E-state index contributed by atoms with van der Waals surface area (Å²) in [6.45, 7) is 8.90. The molecule has 0 fully saturated rings. The SMILES string of the molecule is CC(C)C[C@H](NC(=O)OC(C)(C)C)C(=O)N[C@H]1CCc2ccccc2N(CC(=O)OCc2ccccc2)C1=O. The number of ether oxygens (including phenoxy) is 2. The minimum Gasteiger partial charge on any atom is -0.459 e. The molecule has 0 spiro atoms. The van der Waals surface area contributed by atoms with Gasteiger partial charge in [-0.1, -0.05) is 62.4 Å². The fourth-order valence-electron chi connectivity index (χ4n) is 4.35. The van der Waals surface area contributed by atoms with Crippen molar-refractivity contribution < 1.29 is 28.7 Å². The van der Waals surface area contributed by atoms with Crippen LogP contribution in [0, 0.1) is 5.92 Å². The third-order valence-electron chi connectivity index (χ3n) is 6.11. The van der Waals surface area contributed by atoms with E-state index in [1.54, 1.807) is 32.9 Å². The number of hydrogen-bond donors (Lipinski definition) is 2. The quantitative estimate of drug-likeness (QED) is 0.465. The Kier molecular flexibility index (Phi) is 10.1. The van der Waals surface area contributed by atoms with E-state index >= 15 is 0 Å². The topological polar surface area (TPSA) is 114 Å². The Labute approximate surface area is 230 Å². The molecule has 9 nitrogen and oxygen atoms in total. The second-order valence-electron chi connectivity index (χ2n) is 11.1. The van der Waals surface area contributed by atoms with E-state index in [-0.39, 0.29) is 19.1 Å². The maximum atomic E-state index is 13.7. The van der Waals surface area contributed by atoms with E-state index in [1.807, 2.05) is 56.3 Å². The van der Waals surface area contributed by atoms with Gasteiger partial charge in [0.25, 0.3) is 0 Å². The lowest BCUT2D eigenvalue weighted by atomic mass is 10.0. The number of aryl methyl sites for hydroxylation is 1. The van der Waals surface area contributed by atoms with Gasteiger partial charge in [-0.3, -0.25) is 19.3 Å². The van der Waals surface area contributed by atoms with Gasteiger partial charge in [0.15, 0.2) is 0 Å². The van der Waals surface area contributed by atoms with Crippen molar-refractivity contribution in [3.05, 3.63) is 65.7 Å². The Morgan fingerprint density at radius 1 is 1.03 bits per heavy atom. The van der Waals surface area contributed by atoms with Gasteiger partial charge in [-0.05, 0) is 63.1 Å². The lowest BCUT2D eigenvalue weighted by molar-refractivity contribution is -0.144. The second kappa shape index (κ2) is 13.3. The van der Waals surface area contributed by atoms with Gasteiger partial charge in [0.1, 0.15) is 30.8 Å². The fraction of sp³-hybridized carbons (Fsp3) is 0.467. The molecule has 0 aromatic heterocycles. The first kappa shape index (κ1) is 29.7. The largest absolute Gasteiger partial charge is 0.459 e. The van der Waals surface area contributed by atoms with Crippen LogP contribution >= 0.6 is 0 Å². The zero-order valence-corrected chi connectivity index (χ0v) is 23.4. The maximum Gasteiger partial charge on any atom is 0.408 e. The molecule has 2 aromatic rings. The summed E-state index contributed by atoms with van der Waals surface area (Å²) >= 11 is 0. The van der Waals surface area contributed by atoms with Crippen LogP contribution in [0.25, 0.3) is 0 Å². The summed E-state index contributed by atoms with van der Waals surface area (Å²) in [6, 6.07) is 14.9. The van der Waals surface area contributed by atoms with Crippen molar-refractivity contribution in [2.75, 3.05) is 11.4 Å². The van der Waals surface area contributed by atoms with E-state index in [1.165, 1.54) is 4.90 Å². The molecule has 2 aromatic carbocycles. The number of nitrogens with zero attached hydrogens (tertiary/aromatic N) is 1. The molecule has 0 radical (unpaired) electrons. The number of carbonyl (C=O) groups is 4. The molecule has 0 saturated heterocycles. The lowest BCUT2D eigenvalue weighted by Crippen LogP contribution is -2.55. The van der Waals surface area contributed by atoms with Crippen molar-refractivity contribution in [2.45, 2.75) is 78.2 Å². The smallest absolute Gasteiger partial charge is 0.408 e. The molecule has 9 heteroatoms. The van der Waals surface area contributed by atoms with Crippen molar-refractivity contribution in [3.8, 4) is 0 Å². The van der Waals surface area contributed by atoms with Gasteiger partial charge in [-0.25, -0.2) is 4.79 Å². The highest BCUT2D eigenvalue weighted by atomic mass is 16.6. The summed E-state index contributed by atoms with van der Waals surface area (Å²) in [4.78, 5) is 53.6. The van der Waals surface area contributed by atoms with Crippen LogP contribution in [0.15, 0.2) is 54.6 Å². The summed E-state index contributed by atoms with van der Waals surface area (Å²) in [6.07, 6.45) is 0.530. The summed E-state index contributed by atoms with van der Waals surface area (Å²) in [5.74, 6) is -1.35. The number of benzene rings is 2. The van der Waals surface area contributed by atoms with Crippen molar-refractivity contribution in [1.82, 2.24) is 10.6 Å². The molecule has 2 N–H and O–H groups in total. The van der Waals surface area contributed by atoms with Crippen LogP contribution < -0.4 is 15.5 Å². The Hall–Kier alpha value is -3.88. The molecule has 1 heterocycles. The number of hydrogen-bond acceptors (Lipinski definition) is 6. The number of alkyl carbamates (subject to hydrolysis) is 1. The normalized spacial score (nSPS) is 16.1. The molecule has 0 unspecified atom stereocenters. The second-order valence-corrected chi connectivity index (χ2v) is 11.1. The number of anilines is 1. The van der Waals surface area contributed by atoms with Crippen molar-refractivity contribution in [1.29, 1.82) is 0 Å². The molecule has 3 amide bonds. The Morgan fingerprint density at radius 2 is 1.69 bits per heavy atom. The van der Waals surface area contributed by atoms with Crippen LogP contribution in [-0.2, 0) is 36.9 Å². The zero-order valence-electron chi connectivity index (χ0n) is 23.4. The van der Waals surface area contributed by atoms with E-state index < -0.39 is 41.6 Å². The average Bonchev–Trinajstić information content (AvgIpc) is 2.98. The van der Waals surface area contributed by atoms with E-state index in [9.17, 15) is 19.2 Å². The summed E-state index contributed by atoms with van der Waals surface area (Å²) < 4.78 is 10.8. The summed E-state index contributed by atoms with van der Waals surface area (Å²) in [5, 5.41) is 5.47. The summed E-state index contributed by atoms with van der Waals surface area (Å²) in [5.41, 5.74) is 1.62. The van der Waals surface area contributed by atoms with Crippen molar-refractivity contribution in [2.24, 2.45) is 5.92 Å². The van der Waals surface area contributed by atoms with Crippen molar-refractivity contribution in [3.63, 3.8) is 0 Å². The Bertz CT molecular complexity index is 1160. The van der Waals surface area contributed by atoms with Crippen molar-refractivity contribution >= 4 is 29.6 Å². The molecule has 39 heavy (non-hydrogen) atoms. The van der Waals surface area contributed by atoms with Gasteiger partial charge in [-0.15, -0.1) is 0 Å². The van der Waals surface area contributed by atoms with E-state index in [2.05, 4.69) is 10.6 Å². The van der Waals surface area contributed by atoms with Crippen LogP contribution in [0.5, 0.6) is 0 Å². The van der Waals surface area contributed by atoms with Crippen LogP contribution in [0.4, 0.5) is 10.5 Å². The van der Waals surface area contributed by atoms with Gasteiger partial charge in [0.05, 0.1) is 0 Å². The van der Waals surface area contributed by atoms with E-state index in [0.717, 1.165) is 11.1 Å². The Balaban J connectivity index is 1.74. The molecular formula is C30H39N3O6. The first-order chi connectivity index (χ1) is 18.4. The predicted molar refractivity (Wildman–Crippen MR) is 148 cm³/mol. The molecule has 3 rings (SSSR count). The Morgan fingerprint density at radius 3 is 2.36 bits per heavy atom. The molecule has 1 aliphatic rings. The molecule has 0 saturated carbocycles. The summed E-state index contributed by atoms with van der Waals surface area (Å²) in [7, 11) is 0. The number of amides is 3. The molecule has 0 aliphatic carbocycles. The molecule has 1 aliphatic heterocycles. The van der Waals surface area contributed by atoms with Crippen LogP contribution in [0.3, 0.4) is 0 Å². The third-order valence-corrected chi connectivity index (χ3v) is 6.11. The third kappa shape index (κ3) is 9.12. The van der Waals surface area contributed by atoms with Crippen LogP contribution in [0.1, 0.15) is 58.6 Å². The monoisotopic (exact) mass is 537 g/mol. The number of para-hydroxylation sites is 1. The zero-order chi connectivity index (χ0) is 28.6. The number of esters is 1. The molecule has 0 bridgehead atoms. The first-order valence-corrected chi connectivity index (χ1v) is 13.3. The van der Waals surface area contributed by atoms with E-state index in [4.69, 9.17) is 9.47 Å². The molecule has 210 valence electrons. The number of rotatable bonds is 9. The average molecular weight is 538 g/mol. The van der Waals surface area contributed by atoms with Crippen LogP contribution in [0.2, 0.25) is 0 Å². The van der Waals surface area contributed by atoms with Crippen LogP contribution in [-0.4, -0.2) is 48.1 Å². The number of fused-ring (bicyclic) bond motifs is 1. The highest BCUT2D eigenvalue weighted by Crippen LogP contribution is 2.27. The first-order valence-electron chi connectivity index (χ1n) is 13.3. The minimum absolute atomic E-state index is 0.0940. The molecule has 2 atom stereocenters.